The van der Waals surface area contributed by atoms with Gasteiger partial charge in [0.2, 0.25) is 0 Å². The first-order chi connectivity index (χ1) is 7.84. The van der Waals surface area contributed by atoms with Crippen molar-refractivity contribution < 1.29 is 13.2 Å². The van der Waals surface area contributed by atoms with Gasteiger partial charge in [-0.1, -0.05) is 20.3 Å². The third kappa shape index (κ3) is 4.21. The monoisotopic (exact) mass is 276 g/mol. The maximum Gasteiger partial charge on any atom is 0.261 e. The molecule has 0 saturated carbocycles. The predicted molar refractivity (Wildman–Crippen MR) is 69.2 cm³/mol. The maximum atomic E-state index is 11.2. The fourth-order valence-electron chi connectivity index (χ4n) is 1.34. The standard InChI is InChI=1S/C12H17ClO3S/c1-4-9(2)8-16-11-5-6-12(10(3)7-11)17(13,14)15/h5-7,9H,4,8H2,1-3H3. The van der Waals surface area contributed by atoms with Crippen LogP contribution < -0.4 is 4.74 Å². The van der Waals surface area contributed by atoms with Crippen molar-refractivity contribution >= 4 is 19.7 Å². The summed E-state index contributed by atoms with van der Waals surface area (Å²) in [5, 5.41) is 0. The van der Waals surface area contributed by atoms with E-state index in [2.05, 4.69) is 13.8 Å². The highest BCUT2D eigenvalue weighted by Crippen LogP contribution is 2.24. The van der Waals surface area contributed by atoms with Crippen molar-refractivity contribution in [2.75, 3.05) is 6.61 Å². The fraction of sp³-hybridized carbons (Fsp3) is 0.500. The number of benzene rings is 1. The van der Waals surface area contributed by atoms with Crippen molar-refractivity contribution in [3.63, 3.8) is 0 Å². The second kappa shape index (κ2) is 5.74. The Bertz CT molecular complexity index is 483. The molecule has 96 valence electrons. The molecule has 0 bridgehead atoms. The normalized spacial score (nSPS) is 13.4. The summed E-state index contributed by atoms with van der Waals surface area (Å²) in [5.74, 6) is 1.15. The number of hydrogen-bond donors (Lipinski definition) is 0. The molecule has 17 heavy (non-hydrogen) atoms. The first kappa shape index (κ1) is 14.3. The summed E-state index contributed by atoms with van der Waals surface area (Å²) in [5.41, 5.74) is 0.599. The maximum absolute atomic E-state index is 11.2. The third-order valence-electron chi connectivity index (χ3n) is 2.64. The average Bonchev–Trinajstić information content (AvgIpc) is 2.24. The predicted octanol–water partition coefficient (Wildman–Crippen LogP) is 3.35. The van der Waals surface area contributed by atoms with Gasteiger partial charge in [-0.15, -0.1) is 0 Å². The molecule has 0 heterocycles. The van der Waals surface area contributed by atoms with Crippen LogP contribution in [0.4, 0.5) is 0 Å². The van der Waals surface area contributed by atoms with Crippen LogP contribution in [-0.2, 0) is 9.05 Å². The Morgan fingerprint density at radius 2 is 2.06 bits per heavy atom. The molecule has 0 saturated heterocycles. The van der Waals surface area contributed by atoms with Crippen molar-refractivity contribution in [1.82, 2.24) is 0 Å². The molecule has 0 amide bonds. The minimum Gasteiger partial charge on any atom is -0.493 e. The Kier molecular flexibility index (Phi) is 4.83. The van der Waals surface area contributed by atoms with E-state index in [1.807, 2.05) is 0 Å². The first-order valence-corrected chi connectivity index (χ1v) is 7.83. The van der Waals surface area contributed by atoms with Crippen LogP contribution in [0.3, 0.4) is 0 Å². The van der Waals surface area contributed by atoms with Gasteiger partial charge in [0.15, 0.2) is 0 Å². The van der Waals surface area contributed by atoms with E-state index in [-0.39, 0.29) is 4.90 Å². The van der Waals surface area contributed by atoms with E-state index >= 15 is 0 Å². The minimum absolute atomic E-state index is 0.134. The van der Waals surface area contributed by atoms with Gasteiger partial charge in [0.1, 0.15) is 5.75 Å². The molecule has 3 nitrogen and oxygen atoms in total. The first-order valence-electron chi connectivity index (χ1n) is 5.52. The molecule has 0 aliphatic heterocycles. The molecule has 5 heteroatoms. The van der Waals surface area contributed by atoms with Crippen LogP contribution in [0.2, 0.25) is 0 Å². The van der Waals surface area contributed by atoms with Gasteiger partial charge in [0, 0.05) is 10.7 Å². The molecule has 0 radical (unpaired) electrons. The Labute approximate surface area is 107 Å². The minimum atomic E-state index is -3.67. The SMILES string of the molecule is CCC(C)COc1ccc(S(=O)(=O)Cl)c(C)c1. The quantitative estimate of drug-likeness (QED) is 0.775. The van der Waals surface area contributed by atoms with Crippen molar-refractivity contribution in [3.8, 4) is 5.75 Å². The second-order valence-electron chi connectivity index (χ2n) is 4.19. The summed E-state index contributed by atoms with van der Waals surface area (Å²) < 4.78 is 28.0. The third-order valence-corrected chi connectivity index (χ3v) is 4.12. The molecule has 1 rings (SSSR count). The molecular weight excluding hydrogens is 260 g/mol. The van der Waals surface area contributed by atoms with Crippen LogP contribution >= 0.6 is 10.7 Å². The van der Waals surface area contributed by atoms with Gasteiger partial charge in [-0.3, -0.25) is 0 Å². The molecule has 0 aliphatic rings. The molecule has 1 atom stereocenters. The topological polar surface area (TPSA) is 43.4 Å². The van der Waals surface area contributed by atoms with Crippen LogP contribution in [0.15, 0.2) is 23.1 Å². The highest BCUT2D eigenvalue weighted by molar-refractivity contribution is 8.13. The van der Waals surface area contributed by atoms with Gasteiger partial charge in [0.25, 0.3) is 9.05 Å². The Morgan fingerprint density at radius 1 is 1.41 bits per heavy atom. The van der Waals surface area contributed by atoms with Crippen LogP contribution in [-0.4, -0.2) is 15.0 Å². The molecule has 0 fully saturated rings. The van der Waals surface area contributed by atoms with E-state index in [9.17, 15) is 8.42 Å². The summed E-state index contributed by atoms with van der Waals surface area (Å²) in [6, 6.07) is 4.80. The summed E-state index contributed by atoms with van der Waals surface area (Å²) >= 11 is 0. The van der Waals surface area contributed by atoms with Gasteiger partial charge in [-0.2, -0.15) is 0 Å². The van der Waals surface area contributed by atoms with Crippen LogP contribution in [0.5, 0.6) is 5.75 Å². The number of ether oxygens (including phenoxy) is 1. The number of rotatable bonds is 5. The lowest BCUT2D eigenvalue weighted by Gasteiger charge is -2.12. The molecule has 0 N–H and O–H groups in total. The summed E-state index contributed by atoms with van der Waals surface area (Å²) in [6.07, 6.45) is 1.05. The lowest BCUT2D eigenvalue weighted by Crippen LogP contribution is -2.07. The average molecular weight is 277 g/mol. The van der Waals surface area contributed by atoms with E-state index in [1.165, 1.54) is 6.07 Å². The largest absolute Gasteiger partial charge is 0.493 e. The molecule has 0 spiro atoms. The van der Waals surface area contributed by atoms with Gasteiger partial charge in [-0.25, -0.2) is 8.42 Å². The summed E-state index contributed by atoms with van der Waals surface area (Å²) in [6.45, 7) is 6.53. The van der Waals surface area contributed by atoms with Gasteiger partial charge in [0.05, 0.1) is 11.5 Å². The lowest BCUT2D eigenvalue weighted by atomic mass is 10.1. The number of halogens is 1. The van der Waals surface area contributed by atoms with Crippen molar-refractivity contribution in [1.29, 1.82) is 0 Å². The number of aryl methyl sites for hydroxylation is 1. The fourth-order valence-corrected chi connectivity index (χ4v) is 2.54. The van der Waals surface area contributed by atoms with Crippen LogP contribution in [0, 0.1) is 12.8 Å². The molecular formula is C12H17ClO3S. The van der Waals surface area contributed by atoms with Crippen molar-refractivity contribution in [2.45, 2.75) is 32.1 Å². The van der Waals surface area contributed by atoms with Crippen molar-refractivity contribution in [3.05, 3.63) is 23.8 Å². The smallest absolute Gasteiger partial charge is 0.261 e. The lowest BCUT2D eigenvalue weighted by molar-refractivity contribution is 0.256. The molecule has 1 unspecified atom stereocenters. The van der Waals surface area contributed by atoms with Crippen LogP contribution in [0.25, 0.3) is 0 Å². The van der Waals surface area contributed by atoms with Gasteiger partial charge < -0.3 is 4.74 Å². The second-order valence-corrected chi connectivity index (χ2v) is 6.72. The highest BCUT2D eigenvalue weighted by Gasteiger charge is 2.13. The molecule has 0 aliphatic carbocycles. The highest BCUT2D eigenvalue weighted by atomic mass is 35.7. The van der Waals surface area contributed by atoms with E-state index in [0.29, 0.717) is 23.8 Å². The number of hydrogen-bond acceptors (Lipinski definition) is 3. The zero-order valence-electron chi connectivity index (χ0n) is 10.2. The van der Waals surface area contributed by atoms with Crippen LogP contribution in [0.1, 0.15) is 25.8 Å². The van der Waals surface area contributed by atoms with Gasteiger partial charge in [-0.05, 0) is 36.6 Å². The Hall–Kier alpha value is -0.740. The van der Waals surface area contributed by atoms with Gasteiger partial charge >= 0.3 is 0 Å². The summed E-state index contributed by atoms with van der Waals surface area (Å²) in [7, 11) is 1.63. The van der Waals surface area contributed by atoms with E-state index in [0.717, 1.165) is 6.42 Å². The molecule has 1 aromatic carbocycles. The Balaban J connectivity index is 2.83. The van der Waals surface area contributed by atoms with E-state index < -0.39 is 9.05 Å². The zero-order chi connectivity index (χ0) is 13.1. The Morgan fingerprint density at radius 3 is 2.53 bits per heavy atom. The van der Waals surface area contributed by atoms with Crippen molar-refractivity contribution in [2.24, 2.45) is 5.92 Å². The van der Waals surface area contributed by atoms with E-state index in [4.69, 9.17) is 15.4 Å². The zero-order valence-corrected chi connectivity index (χ0v) is 11.8. The summed E-state index contributed by atoms with van der Waals surface area (Å²) in [4.78, 5) is 0.134. The van der Waals surface area contributed by atoms with E-state index in [1.54, 1.807) is 19.1 Å². The molecule has 0 aromatic heterocycles. The molecule has 1 aromatic rings.